The lowest BCUT2D eigenvalue weighted by atomic mass is 10.2. The second-order valence-electron chi connectivity index (χ2n) is 7.16. The number of anilines is 1. The van der Waals surface area contributed by atoms with Crippen molar-refractivity contribution in [1.82, 2.24) is 9.47 Å². The van der Waals surface area contributed by atoms with Crippen LogP contribution in [0.15, 0.2) is 79.5 Å². The predicted octanol–water partition coefficient (Wildman–Crippen LogP) is 5.78. The summed E-state index contributed by atoms with van der Waals surface area (Å²) in [7, 11) is 1.61. The first kappa shape index (κ1) is 23.0. The molecule has 0 fully saturated rings. The molecule has 0 bridgehead atoms. The third-order valence-electron chi connectivity index (χ3n) is 4.84. The van der Waals surface area contributed by atoms with Gasteiger partial charge in [0.1, 0.15) is 5.75 Å². The maximum atomic E-state index is 13.0. The van der Waals surface area contributed by atoms with Crippen LogP contribution in [0.1, 0.15) is 16.8 Å². The zero-order valence-corrected chi connectivity index (χ0v) is 17.6. The van der Waals surface area contributed by atoms with Gasteiger partial charge in [0, 0.05) is 30.7 Å². The zero-order chi connectivity index (χ0) is 23.1. The van der Waals surface area contributed by atoms with Gasteiger partial charge in [0.05, 0.1) is 19.2 Å². The Kier molecular flexibility index (Phi) is 7.25. The molecule has 0 saturated carbocycles. The van der Waals surface area contributed by atoms with Crippen molar-refractivity contribution >= 4 is 11.7 Å². The van der Waals surface area contributed by atoms with Crippen LogP contribution in [-0.2, 0) is 19.3 Å². The van der Waals surface area contributed by atoms with Gasteiger partial charge in [-0.15, -0.1) is 6.58 Å². The molecule has 0 spiro atoms. The predicted molar refractivity (Wildman–Crippen MR) is 118 cm³/mol. The highest BCUT2D eigenvalue weighted by Gasteiger charge is 2.30. The summed E-state index contributed by atoms with van der Waals surface area (Å²) >= 11 is 0. The van der Waals surface area contributed by atoms with E-state index >= 15 is 0 Å². The number of aromatic nitrogens is 1. The monoisotopic (exact) mass is 443 g/mol. The molecule has 32 heavy (non-hydrogen) atoms. The van der Waals surface area contributed by atoms with E-state index in [1.54, 1.807) is 13.2 Å². The number of alkyl halides is 3. The molecular weight excluding hydrogens is 419 g/mol. The van der Waals surface area contributed by atoms with Crippen LogP contribution in [0.4, 0.5) is 23.7 Å². The first-order chi connectivity index (χ1) is 15.3. The summed E-state index contributed by atoms with van der Waals surface area (Å²) in [6.07, 6.45) is -1.00. The molecule has 0 aliphatic rings. The molecule has 2 amide bonds. The number of hydrogen-bond donors (Lipinski definition) is 1. The van der Waals surface area contributed by atoms with Crippen molar-refractivity contribution in [1.29, 1.82) is 0 Å². The number of benzene rings is 2. The molecule has 1 heterocycles. The van der Waals surface area contributed by atoms with Crippen LogP contribution in [-0.4, -0.2) is 29.2 Å². The standard InChI is InChI=1S/C24H24F3N3O2/c1-3-12-30(23(31)28-20-9-5-8-19(15-20)24(25,26)27)17-21-10-6-13-29(21)16-18-7-4-11-22(14-18)32-2/h3-11,13-15H,1,12,16-17H2,2H3,(H,28,31). The average Bonchev–Trinajstić information content (AvgIpc) is 3.19. The van der Waals surface area contributed by atoms with Crippen molar-refractivity contribution in [2.45, 2.75) is 19.3 Å². The summed E-state index contributed by atoms with van der Waals surface area (Å²) in [5.41, 5.74) is 1.16. The Labute approximate surface area is 184 Å². The van der Waals surface area contributed by atoms with Crippen molar-refractivity contribution in [3.8, 4) is 5.75 Å². The molecule has 5 nitrogen and oxygen atoms in total. The van der Waals surface area contributed by atoms with E-state index in [4.69, 9.17) is 4.74 Å². The minimum Gasteiger partial charge on any atom is -0.497 e. The van der Waals surface area contributed by atoms with Gasteiger partial charge in [-0.2, -0.15) is 13.2 Å². The summed E-state index contributed by atoms with van der Waals surface area (Å²) in [5, 5.41) is 2.55. The molecule has 0 atom stereocenters. The molecule has 8 heteroatoms. The number of carbonyl (C=O) groups excluding carboxylic acids is 1. The number of methoxy groups -OCH3 is 1. The van der Waals surface area contributed by atoms with Crippen molar-refractivity contribution in [2.24, 2.45) is 0 Å². The smallest absolute Gasteiger partial charge is 0.416 e. The Morgan fingerprint density at radius 1 is 1.16 bits per heavy atom. The van der Waals surface area contributed by atoms with Gasteiger partial charge >= 0.3 is 12.2 Å². The summed E-state index contributed by atoms with van der Waals surface area (Å²) in [6.45, 7) is 4.75. The Bertz CT molecular complexity index is 1080. The molecule has 0 aliphatic carbocycles. The van der Waals surface area contributed by atoms with Gasteiger partial charge in [0.15, 0.2) is 0 Å². The number of hydrogen-bond acceptors (Lipinski definition) is 2. The maximum Gasteiger partial charge on any atom is 0.416 e. The van der Waals surface area contributed by atoms with E-state index in [2.05, 4.69) is 11.9 Å². The first-order valence-electron chi connectivity index (χ1n) is 9.91. The molecule has 2 aromatic carbocycles. The average molecular weight is 443 g/mol. The van der Waals surface area contributed by atoms with Gasteiger partial charge in [-0.1, -0.05) is 24.3 Å². The summed E-state index contributed by atoms with van der Waals surface area (Å²) in [6, 6.07) is 15.5. The highest BCUT2D eigenvalue weighted by Crippen LogP contribution is 2.30. The molecule has 0 aliphatic heterocycles. The SMILES string of the molecule is C=CCN(Cc1cccn1Cc1cccc(OC)c1)C(=O)Nc1cccc(C(F)(F)F)c1. The molecule has 0 saturated heterocycles. The van der Waals surface area contributed by atoms with E-state index in [-0.39, 0.29) is 18.8 Å². The molecule has 0 radical (unpaired) electrons. The number of nitrogens with zero attached hydrogens (tertiary/aromatic N) is 2. The molecule has 0 unspecified atom stereocenters. The van der Waals surface area contributed by atoms with Crippen LogP contribution in [0.25, 0.3) is 0 Å². The minimum absolute atomic E-state index is 0.0747. The van der Waals surface area contributed by atoms with Crippen LogP contribution in [0, 0.1) is 0 Å². The van der Waals surface area contributed by atoms with Crippen molar-refractivity contribution in [3.05, 3.63) is 96.3 Å². The van der Waals surface area contributed by atoms with Crippen molar-refractivity contribution < 1.29 is 22.7 Å². The lowest BCUT2D eigenvalue weighted by molar-refractivity contribution is -0.137. The van der Waals surface area contributed by atoms with Crippen LogP contribution < -0.4 is 10.1 Å². The number of amides is 2. The number of rotatable bonds is 8. The summed E-state index contributed by atoms with van der Waals surface area (Å²) in [5.74, 6) is 0.755. The fourth-order valence-electron chi connectivity index (χ4n) is 3.26. The fourth-order valence-corrected chi connectivity index (χ4v) is 3.26. The number of nitrogens with one attached hydrogen (secondary N) is 1. The van der Waals surface area contributed by atoms with Gasteiger partial charge in [-0.25, -0.2) is 4.79 Å². The number of ether oxygens (including phenoxy) is 1. The van der Waals surface area contributed by atoms with Gasteiger partial charge in [0.25, 0.3) is 0 Å². The fraction of sp³-hybridized carbons (Fsp3) is 0.208. The molecule has 3 aromatic rings. The first-order valence-corrected chi connectivity index (χ1v) is 9.91. The second-order valence-corrected chi connectivity index (χ2v) is 7.16. The quantitative estimate of drug-likeness (QED) is 0.449. The Morgan fingerprint density at radius 3 is 2.66 bits per heavy atom. The zero-order valence-electron chi connectivity index (χ0n) is 17.6. The van der Waals surface area contributed by atoms with Crippen LogP contribution >= 0.6 is 0 Å². The van der Waals surface area contributed by atoms with E-state index in [9.17, 15) is 18.0 Å². The lowest BCUT2D eigenvalue weighted by Crippen LogP contribution is -2.35. The molecule has 1 N–H and O–H groups in total. The molecule has 3 rings (SSSR count). The molecule has 168 valence electrons. The molecular formula is C24H24F3N3O2. The van der Waals surface area contributed by atoms with E-state index in [0.717, 1.165) is 29.1 Å². The normalized spacial score (nSPS) is 11.1. The Balaban J connectivity index is 1.74. The minimum atomic E-state index is -4.48. The van der Waals surface area contributed by atoms with E-state index in [0.29, 0.717) is 6.54 Å². The van der Waals surface area contributed by atoms with E-state index in [1.807, 2.05) is 47.2 Å². The Morgan fingerprint density at radius 2 is 1.94 bits per heavy atom. The number of urea groups is 1. The topological polar surface area (TPSA) is 46.5 Å². The van der Waals surface area contributed by atoms with Gasteiger partial charge < -0.3 is 19.5 Å². The van der Waals surface area contributed by atoms with Crippen LogP contribution in [0.2, 0.25) is 0 Å². The maximum absolute atomic E-state index is 13.0. The van der Waals surface area contributed by atoms with Gasteiger partial charge in [-0.05, 0) is 48.0 Å². The van der Waals surface area contributed by atoms with E-state index < -0.39 is 17.8 Å². The van der Waals surface area contributed by atoms with Crippen molar-refractivity contribution in [2.75, 3.05) is 19.0 Å². The Hall–Kier alpha value is -3.68. The van der Waals surface area contributed by atoms with Crippen LogP contribution in [0.3, 0.4) is 0 Å². The van der Waals surface area contributed by atoms with Crippen LogP contribution in [0.5, 0.6) is 5.75 Å². The summed E-state index contributed by atoms with van der Waals surface area (Å²) in [4.78, 5) is 14.3. The summed E-state index contributed by atoms with van der Waals surface area (Å²) < 4.78 is 46.2. The van der Waals surface area contributed by atoms with Gasteiger partial charge in [-0.3, -0.25) is 0 Å². The second kappa shape index (κ2) is 10.1. The third kappa shape index (κ3) is 5.94. The highest BCUT2D eigenvalue weighted by atomic mass is 19.4. The number of halogens is 3. The number of carbonyl (C=O) groups is 1. The lowest BCUT2D eigenvalue weighted by Gasteiger charge is -2.23. The van der Waals surface area contributed by atoms with Gasteiger partial charge in [0.2, 0.25) is 0 Å². The van der Waals surface area contributed by atoms with Crippen molar-refractivity contribution in [3.63, 3.8) is 0 Å². The third-order valence-corrected chi connectivity index (χ3v) is 4.84. The van der Waals surface area contributed by atoms with E-state index in [1.165, 1.54) is 17.0 Å². The molecule has 1 aromatic heterocycles. The largest absolute Gasteiger partial charge is 0.497 e. The highest BCUT2D eigenvalue weighted by molar-refractivity contribution is 5.89.